The number of carbonyl (C=O) groups excluding carboxylic acids is 2. The van der Waals surface area contributed by atoms with Crippen LogP contribution >= 0.6 is 11.8 Å². The molecule has 0 aromatic heterocycles. The highest BCUT2D eigenvalue weighted by atomic mass is 32.2. The van der Waals surface area contributed by atoms with Crippen molar-refractivity contribution in [2.75, 3.05) is 12.3 Å². The number of amides is 2. The van der Waals surface area contributed by atoms with Crippen molar-refractivity contribution in [2.45, 2.75) is 51.1 Å². The molecule has 0 unspecified atom stereocenters. The molecule has 0 saturated heterocycles. The van der Waals surface area contributed by atoms with E-state index in [2.05, 4.69) is 5.32 Å². The van der Waals surface area contributed by atoms with E-state index in [0.29, 0.717) is 18.7 Å². The molecule has 2 aromatic carbocycles. The molecule has 0 bridgehead atoms. The Bertz CT molecular complexity index is 794. The van der Waals surface area contributed by atoms with Crippen molar-refractivity contribution in [2.24, 2.45) is 0 Å². The number of hydrogen-bond acceptors (Lipinski definition) is 3. The zero-order chi connectivity index (χ0) is 21.2. The van der Waals surface area contributed by atoms with Gasteiger partial charge in [0.1, 0.15) is 11.9 Å². The van der Waals surface area contributed by atoms with Crippen LogP contribution in [0.4, 0.5) is 4.39 Å². The molecule has 1 atom stereocenters. The molecular formula is C23H29FN2O2S. The monoisotopic (exact) mass is 416 g/mol. The van der Waals surface area contributed by atoms with Gasteiger partial charge in [-0.15, -0.1) is 11.8 Å². The Balaban J connectivity index is 2.03. The molecule has 2 rings (SSSR count). The van der Waals surface area contributed by atoms with E-state index in [1.807, 2.05) is 38.1 Å². The Hall–Kier alpha value is -2.34. The highest BCUT2D eigenvalue weighted by molar-refractivity contribution is 7.99. The van der Waals surface area contributed by atoms with E-state index in [0.717, 1.165) is 16.9 Å². The van der Waals surface area contributed by atoms with Crippen molar-refractivity contribution in [3.63, 3.8) is 0 Å². The normalized spacial score (nSPS) is 11.7. The fourth-order valence-corrected chi connectivity index (χ4v) is 3.64. The van der Waals surface area contributed by atoms with Crippen LogP contribution in [0.1, 0.15) is 37.8 Å². The van der Waals surface area contributed by atoms with Gasteiger partial charge in [-0.3, -0.25) is 9.59 Å². The molecular weight excluding hydrogens is 387 g/mol. The minimum atomic E-state index is -0.594. The third-order valence-corrected chi connectivity index (χ3v) is 5.60. The summed E-state index contributed by atoms with van der Waals surface area (Å²) in [4.78, 5) is 28.1. The van der Waals surface area contributed by atoms with Gasteiger partial charge in [-0.05, 0) is 50.1 Å². The SMILES string of the molecule is CCCNC(=O)[C@@H](C)N(Cc1ccc(F)cc1)C(=O)CCSc1ccc(C)cc1. The summed E-state index contributed by atoms with van der Waals surface area (Å²) in [5.74, 6) is 0.0434. The van der Waals surface area contributed by atoms with Gasteiger partial charge < -0.3 is 10.2 Å². The number of thioether (sulfide) groups is 1. The average Bonchev–Trinajstić information content (AvgIpc) is 2.72. The topological polar surface area (TPSA) is 49.4 Å². The van der Waals surface area contributed by atoms with Gasteiger partial charge in [0.05, 0.1) is 0 Å². The van der Waals surface area contributed by atoms with Gasteiger partial charge in [0, 0.05) is 30.2 Å². The van der Waals surface area contributed by atoms with E-state index >= 15 is 0 Å². The zero-order valence-corrected chi connectivity index (χ0v) is 18.1. The summed E-state index contributed by atoms with van der Waals surface area (Å²) >= 11 is 1.62. The summed E-state index contributed by atoms with van der Waals surface area (Å²) < 4.78 is 13.2. The predicted molar refractivity (Wildman–Crippen MR) is 116 cm³/mol. The molecule has 1 N–H and O–H groups in total. The molecule has 0 aliphatic heterocycles. The predicted octanol–water partition coefficient (Wildman–Crippen LogP) is 4.56. The lowest BCUT2D eigenvalue weighted by atomic mass is 10.1. The minimum absolute atomic E-state index is 0.0897. The number of benzene rings is 2. The van der Waals surface area contributed by atoms with Crippen LogP contribution in [0.15, 0.2) is 53.4 Å². The van der Waals surface area contributed by atoms with Crippen LogP contribution in [0.5, 0.6) is 0 Å². The van der Waals surface area contributed by atoms with Crippen LogP contribution in [0.3, 0.4) is 0 Å². The Kier molecular flexibility index (Phi) is 9.19. The standard InChI is InChI=1S/C23H29FN2O2S/c1-4-14-25-23(28)18(3)26(16-19-7-9-20(24)10-8-19)22(27)13-15-29-21-11-5-17(2)6-12-21/h5-12,18H,4,13-16H2,1-3H3,(H,25,28)/t18-/m1/s1. The molecule has 0 radical (unpaired) electrons. The summed E-state index contributed by atoms with van der Waals surface area (Å²) in [7, 11) is 0. The number of carbonyl (C=O) groups is 2. The molecule has 0 saturated carbocycles. The molecule has 2 amide bonds. The summed E-state index contributed by atoms with van der Waals surface area (Å²) in [5.41, 5.74) is 1.99. The van der Waals surface area contributed by atoms with Crippen LogP contribution in [0.2, 0.25) is 0 Å². The first-order valence-corrected chi connectivity index (χ1v) is 10.9. The number of halogens is 1. The highest BCUT2D eigenvalue weighted by Gasteiger charge is 2.25. The van der Waals surface area contributed by atoms with Crippen molar-refractivity contribution in [1.82, 2.24) is 10.2 Å². The van der Waals surface area contributed by atoms with E-state index in [-0.39, 0.29) is 24.2 Å². The first-order chi connectivity index (χ1) is 13.9. The van der Waals surface area contributed by atoms with Crippen LogP contribution in [-0.4, -0.2) is 35.1 Å². The number of nitrogens with one attached hydrogen (secondary N) is 1. The van der Waals surface area contributed by atoms with Crippen molar-refractivity contribution < 1.29 is 14.0 Å². The molecule has 0 heterocycles. The molecule has 0 spiro atoms. The number of nitrogens with zero attached hydrogens (tertiary/aromatic N) is 1. The zero-order valence-electron chi connectivity index (χ0n) is 17.3. The second-order valence-electron chi connectivity index (χ2n) is 7.03. The number of hydrogen-bond donors (Lipinski definition) is 1. The minimum Gasteiger partial charge on any atom is -0.354 e. The Labute approximate surface area is 176 Å². The first kappa shape index (κ1) is 22.9. The van der Waals surface area contributed by atoms with Crippen molar-refractivity contribution in [1.29, 1.82) is 0 Å². The Morgan fingerprint density at radius 1 is 1.10 bits per heavy atom. The van der Waals surface area contributed by atoms with Crippen molar-refractivity contribution in [3.05, 3.63) is 65.5 Å². The van der Waals surface area contributed by atoms with Gasteiger partial charge in [-0.25, -0.2) is 4.39 Å². The molecule has 4 nitrogen and oxygen atoms in total. The summed E-state index contributed by atoms with van der Waals surface area (Å²) in [5, 5.41) is 2.85. The van der Waals surface area contributed by atoms with Gasteiger partial charge in [0.25, 0.3) is 0 Å². The molecule has 2 aromatic rings. The maximum absolute atomic E-state index is 13.2. The van der Waals surface area contributed by atoms with E-state index in [9.17, 15) is 14.0 Å². The highest BCUT2D eigenvalue weighted by Crippen LogP contribution is 2.20. The lowest BCUT2D eigenvalue weighted by Crippen LogP contribution is -2.47. The van der Waals surface area contributed by atoms with Gasteiger partial charge in [0.2, 0.25) is 11.8 Å². The molecule has 6 heteroatoms. The maximum Gasteiger partial charge on any atom is 0.242 e. The Morgan fingerprint density at radius 3 is 2.38 bits per heavy atom. The lowest BCUT2D eigenvalue weighted by molar-refractivity contribution is -0.140. The van der Waals surface area contributed by atoms with E-state index < -0.39 is 6.04 Å². The quantitative estimate of drug-likeness (QED) is 0.578. The fourth-order valence-electron chi connectivity index (χ4n) is 2.80. The molecule has 156 valence electrons. The third-order valence-electron chi connectivity index (χ3n) is 4.59. The molecule has 0 fully saturated rings. The van der Waals surface area contributed by atoms with Crippen molar-refractivity contribution >= 4 is 23.6 Å². The van der Waals surface area contributed by atoms with Crippen molar-refractivity contribution in [3.8, 4) is 0 Å². The lowest BCUT2D eigenvalue weighted by Gasteiger charge is -2.29. The molecule has 0 aliphatic carbocycles. The third kappa shape index (κ3) is 7.54. The van der Waals surface area contributed by atoms with Gasteiger partial charge >= 0.3 is 0 Å². The van der Waals surface area contributed by atoms with E-state index in [4.69, 9.17) is 0 Å². The second kappa shape index (κ2) is 11.6. The average molecular weight is 417 g/mol. The van der Waals surface area contributed by atoms with Crippen LogP contribution < -0.4 is 5.32 Å². The maximum atomic E-state index is 13.2. The summed E-state index contributed by atoms with van der Waals surface area (Å²) in [6.45, 7) is 6.60. The van der Waals surface area contributed by atoms with Gasteiger partial charge in [-0.2, -0.15) is 0 Å². The van der Waals surface area contributed by atoms with Crippen LogP contribution in [0, 0.1) is 12.7 Å². The van der Waals surface area contributed by atoms with Crippen LogP contribution in [0.25, 0.3) is 0 Å². The smallest absolute Gasteiger partial charge is 0.242 e. The largest absolute Gasteiger partial charge is 0.354 e. The Morgan fingerprint density at radius 2 is 1.76 bits per heavy atom. The van der Waals surface area contributed by atoms with Gasteiger partial charge in [0.15, 0.2) is 0 Å². The summed E-state index contributed by atoms with van der Waals surface area (Å²) in [6.07, 6.45) is 1.16. The van der Waals surface area contributed by atoms with E-state index in [1.165, 1.54) is 17.7 Å². The summed E-state index contributed by atoms with van der Waals surface area (Å²) in [6, 6.07) is 13.6. The molecule has 29 heavy (non-hydrogen) atoms. The number of rotatable bonds is 10. The second-order valence-corrected chi connectivity index (χ2v) is 8.19. The van der Waals surface area contributed by atoms with Crippen LogP contribution in [-0.2, 0) is 16.1 Å². The van der Waals surface area contributed by atoms with Gasteiger partial charge in [-0.1, -0.05) is 36.8 Å². The molecule has 0 aliphatic rings. The fraction of sp³-hybridized carbons (Fsp3) is 0.391. The van der Waals surface area contributed by atoms with E-state index in [1.54, 1.807) is 35.7 Å². The number of aryl methyl sites for hydroxylation is 1. The first-order valence-electron chi connectivity index (χ1n) is 9.91.